The van der Waals surface area contributed by atoms with Crippen LogP contribution in [0.15, 0.2) is 36.5 Å². The summed E-state index contributed by atoms with van der Waals surface area (Å²) in [4.78, 5) is 21.0. The number of anilines is 3. The normalized spacial score (nSPS) is 10.5. The van der Waals surface area contributed by atoms with Crippen LogP contribution in [0.3, 0.4) is 0 Å². The summed E-state index contributed by atoms with van der Waals surface area (Å²) >= 11 is 0. The van der Waals surface area contributed by atoms with Crippen molar-refractivity contribution in [2.45, 2.75) is 27.3 Å². The molecule has 3 rings (SSSR count). The largest absolute Gasteiger partial charge is 0.481 e. The zero-order valence-corrected chi connectivity index (χ0v) is 15.8. The second-order valence-corrected chi connectivity index (χ2v) is 6.02. The topological polar surface area (TPSA) is 94.0 Å². The van der Waals surface area contributed by atoms with Gasteiger partial charge in [-0.15, -0.1) is 0 Å². The minimum absolute atomic E-state index is 0.204. The number of aromatic nitrogens is 4. The van der Waals surface area contributed by atoms with E-state index in [1.54, 1.807) is 30.1 Å². The van der Waals surface area contributed by atoms with Crippen LogP contribution < -0.4 is 15.4 Å². The Morgan fingerprint density at radius 3 is 2.78 bits per heavy atom. The molecule has 0 aliphatic rings. The van der Waals surface area contributed by atoms with Crippen LogP contribution >= 0.6 is 0 Å². The van der Waals surface area contributed by atoms with Gasteiger partial charge in [0.05, 0.1) is 12.8 Å². The Balaban J connectivity index is 1.81. The molecule has 0 atom stereocenters. The molecule has 0 spiro atoms. The summed E-state index contributed by atoms with van der Waals surface area (Å²) in [6, 6.07) is 9.06. The molecule has 0 saturated heterocycles. The van der Waals surface area contributed by atoms with Crippen molar-refractivity contribution in [3.05, 3.63) is 53.5 Å². The van der Waals surface area contributed by atoms with Gasteiger partial charge in [-0.05, 0) is 44.5 Å². The second kappa shape index (κ2) is 7.86. The van der Waals surface area contributed by atoms with Crippen molar-refractivity contribution in [3.63, 3.8) is 0 Å². The monoisotopic (exact) mass is 366 g/mol. The highest BCUT2D eigenvalue weighted by Crippen LogP contribution is 2.24. The highest BCUT2D eigenvalue weighted by molar-refractivity contribution is 6.03. The highest BCUT2D eigenvalue weighted by Gasteiger charge is 2.14. The second-order valence-electron chi connectivity index (χ2n) is 6.02. The third-order valence-electron chi connectivity index (χ3n) is 4.02. The number of nitrogens with zero attached hydrogens (tertiary/aromatic N) is 4. The van der Waals surface area contributed by atoms with Crippen molar-refractivity contribution in [2.75, 3.05) is 17.7 Å². The molecule has 27 heavy (non-hydrogen) atoms. The quantitative estimate of drug-likeness (QED) is 0.695. The summed E-state index contributed by atoms with van der Waals surface area (Å²) in [6.07, 6.45) is 1.61. The average Bonchev–Trinajstić information content (AvgIpc) is 3.05. The number of amides is 1. The first-order valence-electron chi connectivity index (χ1n) is 8.60. The van der Waals surface area contributed by atoms with Crippen molar-refractivity contribution < 1.29 is 9.53 Å². The van der Waals surface area contributed by atoms with E-state index in [0.717, 1.165) is 16.9 Å². The molecule has 1 amide bonds. The molecule has 2 aromatic heterocycles. The Bertz CT molecular complexity index is 967. The standard InChI is InChI=1S/C19H22N6O2/c1-5-25-16(10-13(3)24-25)18(26)21-14-7-6-12(2)15(11-14)22-19-20-9-8-17(23-19)27-4/h6-11H,5H2,1-4H3,(H,21,26)(H,20,22,23). The lowest BCUT2D eigenvalue weighted by molar-refractivity contribution is 0.101. The number of carbonyl (C=O) groups excluding carboxylic acids is 1. The predicted octanol–water partition coefficient (Wildman–Crippen LogP) is 3.31. The molecule has 0 unspecified atom stereocenters. The fourth-order valence-corrected chi connectivity index (χ4v) is 2.64. The van der Waals surface area contributed by atoms with Crippen LogP contribution in [0.25, 0.3) is 0 Å². The van der Waals surface area contributed by atoms with Crippen LogP contribution in [-0.4, -0.2) is 32.8 Å². The first kappa shape index (κ1) is 18.4. The van der Waals surface area contributed by atoms with Crippen LogP contribution in [0, 0.1) is 13.8 Å². The number of nitrogens with one attached hydrogen (secondary N) is 2. The van der Waals surface area contributed by atoms with Gasteiger partial charge < -0.3 is 15.4 Å². The molecule has 8 heteroatoms. The summed E-state index contributed by atoms with van der Waals surface area (Å²) in [5.74, 6) is 0.684. The van der Waals surface area contributed by atoms with E-state index in [1.807, 2.05) is 39.0 Å². The van der Waals surface area contributed by atoms with E-state index < -0.39 is 0 Å². The number of rotatable bonds is 6. The van der Waals surface area contributed by atoms with E-state index in [9.17, 15) is 4.79 Å². The van der Waals surface area contributed by atoms with E-state index in [0.29, 0.717) is 29.8 Å². The van der Waals surface area contributed by atoms with Gasteiger partial charge in [0.1, 0.15) is 5.69 Å². The molecular formula is C19H22N6O2. The molecule has 0 fully saturated rings. The summed E-state index contributed by atoms with van der Waals surface area (Å²) in [5, 5.41) is 10.4. The lowest BCUT2D eigenvalue weighted by atomic mass is 10.1. The van der Waals surface area contributed by atoms with E-state index in [-0.39, 0.29) is 5.91 Å². The van der Waals surface area contributed by atoms with E-state index >= 15 is 0 Å². The van der Waals surface area contributed by atoms with Gasteiger partial charge in [0.15, 0.2) is 0 Å². The minimum atomic E-state index is -0.204. The number of hydrogen-bond acceptors (Lipinski definition) is 6. The average molecular weight is 366 g/mol. The highest BCUT2D eigenvalue weighted by atomic mass is 16.5. The van der Waals surface area contributed by atoms with E-state index in [1.165, 1.54) is 0 Å². The summed E-state index contributed by atoms with van der Waals surface area (Å²) in [7, 11) is 1.55. The maximum Gasteiger partial charge on any atom is 0.273 e. The lowest BCUT2D eigenvalue weighted by Gasteiger charge is -2.12. The Morgan fingerprint density at radius 1 is 1.22 bits per heavy atom. The van der Waals surface area contributed by atoms with Crippen LogP contribution in [0.2, 0.25) is 0 Å². The number of benzene rings is 1. The van der Waals surface area contributed by atoms with Gasteiger partial charge in [-0.2, -0.15) is 10.1 Å². The molecule has 0 aliphatic heterocycles. The fraction of sp³-hybridized carbons (Fsp3) is 0.263. The van der Waals surface area contributed by atoms with Gasteiger partial charge in [-0.25, -0.2) is 4.98 Å². The Hall–Kier alpha value is -3.42. The molecule has 8 nitrogen and oxygen atoms in total. The van der Waals surface area contributed by atoms with Crippen LogP contribution in [-0.2, 0) is 6.54 Å². The van der Waals surface area contributed by atoms with Crippen molar-refractivity contribution in [1.29, 1.82) is 0 Å². The Kier molecular flexibility index (Phi) is 5.35. The number of methoxy groups -OCH3 is 1. The van der Waals surface area contributed by atoms with Crippen LogP contribution in [0.1, 0.15) is 28.7 Å². The van der Waals surface area contributed by atoms with Gasteiger partial charge in [-0.3, -0.25) is 9.48 Å². The first-order valence-corrected chi connectivity index (χ1v) is 8.60. The maximum absolute atomic E-state index is 12.6. The number of carbonyl (C=O) groups is 1. The maximum atomic E-state index is 12.6. The van der Waals surface area contributed by atoms with Gasteiger partial charge in [0.25, 0.3) is 5.91 Å². The van der Waals surface area contributed by atoms with Gasteiger partial charge >= 0.3 is 0 Å². The smallest absolute Gasteiger partial charge is 0.273 e. The number of ether oxygens (including phenoxy) is 1. The Morgan fingerprint density at radius 2 is 2.04 bits per heavy atom. The number of aryl methyl sites for hydroxylation is 3. The summed E-state index contributed by atoms with van der Waals surface area (Å²) in [6.45, 7) is 6.41. The molecule has 1 aromatic carbocycles. The van der Waals surface area contributed by atoms with Gasteiger partial charge in [0, 0.05) is 30.2 Å². The first-order chi connectivity index (χ1) is 13.0. The minimum Gasteiger partial charge on any atom is -0.481 e. The van der Waals surface area contributed by atoms with E-state index in [2.05, 4.69) is 25.7 Å². The molecule has 0 aliphatic carbocycles. The molecule has 0 radical (unpaired) electrons. The van der Waals surface area contributed by atoms with Crippen LogP contribution in [0.5, 0.6) is 5.88 Å². The molecule has 2 heterocycles. The van der Waals surface area contributed by atoms with Gasteiger partial charge in [0.2, 0.25) is 11.8 Å². The van der Waals surface area contributed by atoms with Crippen molar-refractivity contribution in [3.8, 4) is 5.88 Å². The van der Waals surface area contributed by atoms with Crippen molar-refractivity contribution in [1.82, 2.24) is 19.7 Å². The lowest BCUT2D eigenvalue weighted by Crippen LogP contribution is -2.17. The predicted molar refractivity (Wildman–Crippen MR) is 104 cm³/mol. The third-order valence-corrected chi connectivity index (χ3v) is 4.02. The molecule has 140 valence electrons. The van der Waals surface area contributed by atoms with Gasteiger partial charge in [-0.1, -0.05) is 6.07 Å². The van der Waals surface area contributed by atoms with Crippen LogP contribution in [0.4, 0.5) is 17.3 Å². The van der Waals surface area contributed by atoms with Crippen molar-refractivity contribution in [2.24, 2.45) is 0 Å². The zero-order valence-electron chi connectivity index (χ0n) is 15.8. The SMILES string of the molecule is CCn1nc(C)cc1C(=O)Nc1ccc(C)c(Nc2nccc(OC)n2)c1. The molecule has 0 bridgehead atoms. The third kappa shape index (κ3) is 4.22. The van der Waals surface area contributed by atoms with Crippen molar-refractivity contribution >= 4 is 23.2 Å². The molecule has 0 saturated carbocycles. The molecule has 2 N–H and O–H groups in total. The summed E-state index contributed by atoms with van der Waals surface area (Å²) in [5.41, 5.74) is 3.79. The summed E-state index contributed by atoms with van der Waals surface area (Å²) < 4.78 is 6.80. The molecule has 3 aromatic rings. The Labute approximate surface area is 157 Å². The van der Waals surface area contributed by atoms with E-state index in [4.69, 9.17) is 4.74 Å². The fourth-order valence-electron chi connectivity index (χ4n) is 2.64. The molecular weight excluding hydrogens is 344 g/mol. The number of hydrogen-bond donors (Lipinski definition) is 2. The zero-order chi connectivity index (χ0) is 19.4.